The normalized spacial score (nSPS) is 19.2. The second-order valence-corrected chi connectivity index (χ2v) is 16.8. The van der Waals surface area contributed by atoms with E-state index in [0.29, 0.717) is 6.42 Å². The first-order valence-electron chi connectivity index (χ1n) is 12.8. The topological polar surface area (TPSA) is 101 Å². The number of amides is 2. The summed E-state index contributed by atoms with van der Waals surface area (Å²) in [6.07, 6.45) is 0.849. The molecule has 2 aromatic rings. The number of hydrogen-bond acceptors (Lipinski definition) is 7. The molecule has 0 aromatic heterocycles. The van der Waals surface area contributed by atoms with Crippen LogP contribution >= 0.6 is 22.9 Å². The minimum absolute atomic E-state index is 0.0285. The van der Waals surface area contributed by atoms with Crippen LogP contribution in [0.2, 0.25) is 18.1 Å². The number of aromatic hydroxyl groups is 1. The van der Waals surface area contributed by atoms with Gasteiger partial charge in [0.15, 0.2) is 26.0 Å². The van der Waals surface area contributed by atoms with Gasteiger partial charge in [0, 0.05) is 18.0 Å². The van der Waals surface area contributed by atoms with E-state index in [0.717, 1.165) is 16.8 Å². The maximum Gasteiger partial charge on any atom is 0.416 e. The van der Waals surface area contributed by atoms with Gasteiger partial charge in [-0.2, -0.15) is 0 Å². The molecule has 210 valence electrons. The number of carbonyl (C=O) groups excluding carboxylic acids is 2. The lowest BCUT2D eigenvalue weighted by Crippen LogP contribution is -2.57. The molecule has 0 radical (unpaired) electrons. The second-order valence-electron chi connectivity index (χ2n) is 11.5. The van der Waals surface area contributed by atoms with Gasteiger partial charge in [-0.3, -0.25) is 4.79 Å². The van der Waals surface area contributed by atoms with Crippen molar-refractivity contribution in [1.29, 1.82) is 0 Å². The lowest BCUT2D eigenvalue weighted by atomic mass is 10.1. The SMILES string of the molecule is COc1cc2c(cc1O)N(C(=O)OCc1ccc(NI)cc1)[C@@H](O[Si](C)(C)C(C)(C)C)[C@@H]1CC(C)=CN1C2=O. The molecule has 0 spiro atoms. The molecule has 2 aliphatic rings. The molecule has 2 aromatic carbocycles. The van der Waals surface area contributed by atoms with Gasteiger partial charge in [0.1, 0.15) is 6.61 Å². The van der Waals surface area contributed by atoms with E-state index in [2.05, 4.69) is 60.3 Å². The van der Waals surface area contributed by atoms with Crippen LogP contribution in [0.5, 0.6) is 11.5 Å². The Balaban J connectivity index is 1.82. The van der Waals surface area contributed by atoms with Crippen molar-refractivity contribution in [1.82, 2.24) is 4.90 Å². The van der Waals surface area contributed by atoms with E-state index in [1.807, 2.05) is 37.4 Å². The number of halogens is 1. The van der Waals surface area contributed by atoms with Crippen LogP contribution in [0.25, 0.3) is 0 Å². The second kappa shape index (κ2) is 11.0. The summed E-state index contributed by atoms with van der Waals surface area (Å²) in [5.41, 5.74) is 3.18. The molecule has 2 atom stereocenters. The number of phenols is 1. The van der Waals surface area contributed by atoms with Gasteiger partial charge in [-0.25, -0.2) is 9.69 Å². The molecular weight excluding hydrogens is 629 g/mol. The third-order valence-electron chi connectivity index (χ3n) is 7.70. The zero-order chi connectivity index (χ0) is 28.7. The number of benzene rings is 2. The smallest absolute Gasteiger partial charge is 0.416 e. The Labute approximate surface area is 244 Å². The standard InChI is InChI=1S/C28H36IN3O6Si/c1-17-12-22-26(38-39(6,7)28(2,3)4)32(27(35)37-16-18-8-10-19(30-29)11-9-18)21-14-23(33)24(36-5)13-20(21)25(34)31(22)15-17/h8-11,13-15,22,26,30,33H,12,16H2,1-7H3/t22-,26-/m0/s1. The average molecular weight is 666 g/mol. The molecular formula is C28H36IN3O6Si. The maximum absolute atomic E-state index is 14.0. The van der Waals surface area contributed by atoms with Crippen molar-refractivity contribution >= 4 is 54.6 Å². The number of rotatable bonds is 6. The van der Waals surface area contributed by atoms with Crippen molar-refractivity contribution in [3.05, 3.63) is 59.3 Å². The van der Waals surface area contributed by atoms with Crippen molar-refractivity contribution in [3.8, 4) is 11.5 Å². The van der Waals surface area contributed by atoms with Crippen molar-refractivity contribution in [3.63, 3.8) is 0 Å². The maximum atomic E-state index is 14.0. The molecule has 2 aliphatic heterocycles. The zero-order valence-corrected chi connectivity index (χ0v) is 26.5. The largest absolute Gasteiger partial charge is 0.504 e. The van der Waals surface area contributed by atoms with Crippen LogP contribution in [0, 0.1) is 0 Å². The van der Waals surface area contributed by atoms with Crippen LogP contribution < -0.4 is 13.2 Å². The van der Waals surface area contributed by atoms with Gasteiger partial charge in [0.25, 0.3) is 5.91 Å². The lowest BCUT2D eigenvalue weighted by Gasteiger charge is -2.44. The minimum atomic E-state index is -2.46. The summed E-state index contributed by atoms with van der Waals surface area (Å²) < 4.78 is 21.1. The number of carbonyl (C=O) groups is 2. The Hall–Kier alpha value is -2.77. The van der Waals surface area contributed by atoms with E-state index in [-0.39, 0.29) is 40.3 Å². The van der Waals surface area contributed by atoms with Gasteiger partial charge >= 0.3 is 6.09 Å². The highest BCUT2D eigenvalue weighted by Crippen LogP contribution is 2.45. The van der Waals surface area contributed by atoms with Crippen molar-refractivity contribution < 1.29 is 28.6 Å². The molecule has 0 aliphatic carbocycles. The summed E-state index contributed by atoms with van der Waals surface area (Å²) >= 11 is 2.05. The molecule has 0 unspecified atom stereocenters. The van der Waals surface area contributed by atoms with Crippen molar-refractivity contribution in [2.75, 3.05) is 15.5 Å². The van der Waals surface area contributed by atoms with Gasteiger partial charge in [-0.15, -0.1) is 0 Å². The Kier molecular flexibility index (Phi) is 8.25. The summed E-state index contributed by atoms with van der Waals surface area (Å²) in [5.74, 6) is -0.352. The highest BCUT2D eigenvalue weighted by molar-refractivity contribution is 14.1. The van der Waals surface area contributed by atoms with Crippen molar-refractivity contribution in [2.24, 2.45) is 0 Å². The predicted molar refractivity (Wildman–Crippen MR) is 162 cm³/mol. The molecule has 2 amide bonds. The van der Waals surface area contributed by atoms with Crippen LogP contribution in [-0.4, -0.2) is 49.7 Å². The van der Waals surface area contributed by atoms with Gasteiger partial charge in [0.05, 0.1) is 47.3 Å². The fourth-order valence-corrected chi connectivity index (χ4v) is 6.07. The third-order valence-corrected chi connectivity index (χ3v) is 12.8. The molecule has 39 heavy (non-hydrogen) atoms. The first-order chi connectivity index (χ1) is 18.3. The number of hydrogen-bond donors (Lipinski definition) is 2. The summed E-state index contributed by atoms with van der Waals surface area (Å²) in [7, 11) is -1.05. The number of nitrogens with zero attached hydrogens (tertiary/aromatic N) is 2. The average Bonchev–Trinajstić information content (AvgIpc) is 3.24. The molecule has 0 fully saturated rings. The van der Waals surface area contributed by atoms with Crippen LogP contribution in [0.15, 0.2) is 48.2 Å². The third kappa shape index (κ3) is 5.75. The first kappa shape index (κ1) is 29.2. The molecule has 9 nitrogen and oxygen atoms in total. The lowest BCUT2D eigenvalue weighted by molar-refractivity contribution is 0.0578. The van der Waals surface area contributed by atoms with Gasteiger partial charge < -0.3 is 27.4 Å². The molecule has 2 N–H and O–H groups in total. The van der Waals surface area contributed by atoms with E-state index in [1.165, 1.54) is 24.1 Å². The van der Waals surface area contributed by atoms with E-state index >= 15 is 0 Å². The summed E-state index contributed by atoms with van der Waals surface area (Å²) in [6, 6.07) is 9.93. The van der Waals surface area contributed by atoms with E-state index in [9.17, 15) is 14.7 Å². The zero-order valence-electron chi connectivity index (χ0n) is 23.4. The van der Waals surface area contributed by atoms with E-state index in [4.69, 9.17) is 13.9 Å². The monoisotopic (exact) mass is 665 g/mol. The Morgan fingerprint density at radius 3 is 2.46 bits per heavy atom. The quantitative estimate of drug-likeness (QED) is 0.199. The van der Waals surface area contributed by atoms with Gasteiger partial charge in [-0.1, -0.05) is 38.5 Å². The summed E-state index contributed by atoms with van der Waals surface area (Å²) in [4.78, 5) is 30.9. The number of fused-ring (bicyclic) bond motifs is 2. The summed E-state index contributed by atoms with van der Waals surface area (Å²) in [5, 5.41) is 10.6. The molecule has 2 heterocycles. The van der Waals surface area contributed by atoms with Crippen LogP contribution in [0.3, 0.4) is 0 Å². The van der Waals surface area contributed by atoms with Gasteiger partial charge in [-0.05, 0) is 55.2 Å². The minimum Gasteiger partial charge on any atom is -0.504 e. The van der Waals surface area contributed by atoms with E-state index in [1.54, 1.807) is 4.90 Å². The highest BCUT2D eigenvalue weighted by Gasteiger charge is 2.50. The van der Waals surface area contributed by atoms with Gasteiger partial charge in [0.2, 0.25) is 0 Å². The highest BCUT2D eigenvalue weighted by atomic mass is 127. The molecule has 0 saturated heterocycles. The van der Waals surface area contributed by atoms with Crippen LogP contribution in [0.1, 0.15) is 50.0 Å². The Morgan fingerprint density at radius 2 is 1.87 bits per heavy atom. The van der Waals surface area contributed by atoms with Crippen molar-refractivity contribution in [2.45, 2.75) is 71.1 Å². The number of methoxy groups -OCH3 is 1. The first-order valence-corrected chi connectivity index (χ1v) is 16.8. The summed E-state index contributed by atoms with van der Waals surface area (Å²) in [6.45, 7) is 12.6. The number of phenolic OH excluding ortho intramolecular Hbond substituents is 1. The van der Waals surface area contributed by atoms with Crippen LogP contribution in [-0.2, 0) is 15.8 Å². The number of nitrogens with one attached hydrogen (secondary N) is 1. The predicted octanol–water partition coefficient (Wildman–Crippen LogP) is 6.79. The Morgan fingerprint density at radius 1 is 1.21 bits per heavy atom. The molecule has 11 heteroatoms. The number of anilines is 2. The number of ether oxygens (including phenoxy) is 2. The Bertz CT molecular complexity index is 1290. The molecule has 0 bridgehead atoms. The molecule has 0 saturated carbocycles. The molecule has 4 rings (SSSR count). The van der Waals surface area contributed by atoms with Crippen LogP contribution in [0.4, 0.5) is 16.2 Å². The fourth-order valence-electron chi connectivity index (χ4n) is 4.49. The van der Waals surface area contributed by atoms with E-state index < -0.39 is 26.7 Å². The fraction of sp³-hybridized carbons (Fsp3) is 0.429.